The summed E-state index contributed by atoms with van der Waals surface area (Å²) in [6.45, 7) is 16.1. The van der Waals surface area contributed by atoms with Crippen molar-refractivity contribution in [2.75, 3.05) is 32.7 Å². The smallest absolute Gasteiger partial charge is 0.0224 e. The van der Waals surface area contributed by atoms with Crippen molar-refractivity contribution in [1.29, 1.82) is 0 Å². The third-order valence-corrected chi connectivity index (χ3v) is 4.87. The summed E-state index contributed by atoms with van der Waals surface area (Å²) in [4.78, 5) is 5.39. The summed E-state index contributed by atoms with van der Waals surface area (Å²) in [7, 11) is 0. The van der Waals surface area contributed by atoms with Gasteiger partial charge in [-0.1, -0.05) is 27.7 Å². The van der Waals surface area contributed by atoms with Crippen molar-refractivity contribution in [2.45, 2.75) is 46.6 Å². The average molecular weight is 224 g/mol. The summed E-state index contributed by atoms with van der Waals surface area (Å²) in [6, 6.07) is 0.872. The lowest BCUT2D eigenvalue weighted by atomic mass is 9.80. The molecule has 0 radical (unpaired) electrons. The Morgan fingerprint density at radius 1 is 1.19 bits per heavy atom. The first kappa shape index (κ1) is 12.4. The highest BCUT2D eigenvalue weighted by atomic mass is 15.3. The van der Waals surface area contributed by atoms with Gasteiger partial charge in [0.05, 0.1) is 0 Å². The Hall–Kier alpha value is -0.0800. The Labute approximate surface area is 101 Å². The molecule has 2 aliphatic rings. The van der Waals surface area contributed by atoms with Gasteiger partial charge in [0.2, 0.25) is 0 Å². The fourth-order valence-corrected chi connectivity index (χ4v) is 2.96. The van der Waals surface area contributed by atoms with Crippen LogP contribution in [-0.2, 0) is 0 Å². The van der Waals surface area contributed by atoms with Gasteiger partial charge >= 0.3 is 0 Å². The molecule has 0 saturated carbocycles. The highest BCUT2D eigenvalue weighted by molar-refractivity contribution is 4.89. The van der Waals surface area contributed by atoms with Crippen molar-refractivity contribution in [3.05, 3.63) is 0 Å². The molecule has 2 rings (SSSR count). The van der Waals surface area contributed by atoms with Crippen molar-refractivity contribution < 1.29 is 0 Å². The molecule has 0 spiro atoms. The van der Waals surface area contributed by atoms with E-state index in [-0.39, 0.29) is 0 Å². The van der Waals surface area contributed by atoms with E-state index in [4.69, 9.17) is 0 Å². The van der Waals surface area contributed by atoms with Gasteiger partial charge in [-0.15, -0.1) is 0 Å². The van der Waals surface area contributed by atoms with Crippen LogP contribution < -0.4 is 0 Å². The number of fused-ring (bicyclic) bond motifs is 1. The third-order valence-electron chi connectivity index (χ3n) is 4.87. The van der Waals surface area contributed by atoms with Crippen LogP contribution in [0.5, 0.6) is 0 Å². The Morgan fingerprint density at radius 3 is 2.62 bits per heavy atom. The molecule has 0 bridgehead atoms. The van der Waals surface area contributed by atoms with E-state index in [0.29, 0.717) is 5.41 Å². The van der Waals surface area contributed by atoms with Gasteiger partial charge in [0.25, 0.3) is 0 Å². The lowest BCUT2D eigenvalue weighted by molar-refractivity contribution is 0.0596. The van der Waals surface area contributed by atoms with Crippen LogP contribution in [0.1, 0.15) is 40.5 Å². The van der Waals surface area contributed by atoms with Crippen molar-refractivity contribution in [3.63, 3.8) is 0 Å². The maximum atomic E-state index is 2.70. The maximum Gasteiger partial charge on any atom is 0.0224 e. The van der Waals surface area contributed by atoms with Crippen molar-refractivity contribution in [3.8, 4) is 0 Å². The van der Waals surface area contributed by atoms with Crippen LogP contribution in [0.15, 0.2) is 0 Å². The van der Waals surface area contributed by atoms with Gasteiger partial charge < -0.3 is 0 Å². The zero-order chi connectivity index (χ0) is 11.8. The first-order valence-corrected chi connectivity index (χ1v) is 6.95. The van der Waals surface area contributed by atoms with Crippen molar-refractivity contribution in [2.24, 2.45) is 11.3 Å². The van der Waals surface area contributed by atoms with Crippen LogP contribution in [0.4, 0.5) is 0 Å². The van der Waals surface area contributed by atoms with E-state index < -0.39 is 0 Å². The van der Waals surface area contributed by atoms with Gasteiger partial charge in [0.15, 0.2) is 0 Å². The molecule has 0 N–H and O–H groups in total. The molecule has 2 aliphatic heterocycles. The van der Waals surface area contributed by atoms with Crippen LogP contribution in [0.2, 0.25) is 0 Å². The third kappa shape index (κ3) is 2.60. The predicted molar refractivity (Wildman–Crippen MR) is 69.7 cm³/mol. The largest absolute Gasteiger partial charge is 0.300 e. The fourth-order valence-electron chi connectivity index (χ4n) is 2.96. The molecule has 94 valence electrons. The van der Waals surface area contributed by atoms with Crippen LogP contribution in [0.3, 0.4) is 0 Å². The van der Waals surface area contributed by atoms with Crippen LogP contribution in [0, 0.1) is 11.3 Å². The summed E-state index contributed by atoms with van der Waals surface area (Å²) in [5.74, 6) is 0.772. The van der Waals surface area contributed by atoms with Gasteiger partial charge in [-0.3, -0.25) is 9.80 Å². The Bertz CT molecular complexity index is 235. The summed E-state index contributed by atoms with van der Waals surface area (Å²) >= 11 is 0. The molecular weight excluding hydrogens is 196 g/mol. The highest BCUT2D eigenvalue weighted by Crippen LogP contribution is 2.29. The summed E-state index contributed by atoms with van der Waals surface area (Å²) in [5.41, 5.74) is 0.459. The number of piperazine rings is 1. The van der Waals surface area contributed by atoms with E-state index in [2.05, 4.69) is 37.5 Å². The van der Waals surface area contributed by atoms with E-state index in [1.165, 1.54) is 45.6 Å². The Kier molecular flexibility index (Phi) is 3.60. The van der Waals surface area contributed by atoms with Gasteiger partial charge in [0.1, 0.15) is 0 Å². The van der Waals surface area contributed by atoms with E-state index in [0.717, 1.165) is 12.0 Å². The zero-order valence-corrected chi connectivity index (χ0v) is 11.5. The fraction of sp³-hybridized carbons (Fsp3) is 1.00. The molecule has 2 saturated heterocycles. The zero-order valence-electron chi connectivity index (χ0n) is 11.5. The molecule has 0 aliphatic carbocycles. The second-order valence-corrected chi connectivity index (χ2v) is 6.71. The Morgan fingerprint density at radius 2 is 1.94 bits per heavy atom. The van der Waals surface area contributed by atoms with E-state index in [1.807, 2.05) is 0 Å². The van der Waals surface area contributed by atoms with E-state index in [1.54, 1.807) is 0 Å². The molecule has 0 aromatic rings. The van der Waals surface area contributed by atoms with Crippen LogP contribution in [0.25, 0.3) is 0 Å². The van der Waals surface area contributed by atoms with E-state index >= 15 is 0 Å². The standard InChI is InChI=1S/C14H28N2/c1-12(2)14(3,4)11-15-8-9-16-7-5-6-13(16)10-15/h12-13H,5-11H2,1-4H3. The SMILES string of the molecule is CC(C)C(C)(C)CN1CCN2CCCC2C1. The minimum atomic E-state index is 0.459. The molecule has 2 heterocycles. The summed E-state index contributed by atoms with van der Waals surface area (Å²) in [5, 5.41) is 0. The highest BCUT2D eigenvalue weighted by Gasteiger charge is 2.33. The molecule has 0 amide bonds. The monoisotopic (exact) mass is 224 g/mol. The van der Waals surface area contributed by atoms with Gasteiger partial charge in [-0.25, -0.2) is 0 Å². The van der Waals surface area contributed by atoms with Gasteiger partial charge in [0, 0.05) is 32.2 Å². The number of rotatable bonds is 3. The molecule has 2 fully saturated rings. The first-order valence-electron chi connectivity index (χ1n) is 6.95. The first-order chi connectivity index (χ1) is 7.49. The van der Waals surface area contributed by atoms with Crippen molar-refractivity contribution in [1.82, 2.24) is 9.80 Å². The van der Waals surface area contributed by atoms with Crippen LogP contribution in [-0.4, -0.2) is 48.6 Å². The minimum Gasteiger partial charge on any atom is -0.300 e. The second kappa shape index (κ2) is 4.66. The topological polar surface area (TPSA) is 6.48 Å². The van der Waals surface area contributed by atoms with Gasteiger partial charge in [-0.2, -0.15) is 0 Å². The van der Waals surface area contributed by atoms with Crippen LogP contribution >= 0.6 is 0 Å². The number of nitrogens with zero attached hydrogens (tertiary/aromatic N) is 2. The summed E-state index contributed by atoms with van der Waals surface area (Å²) in [6.07, 6.45) is 2.85. The molecule has 0 aromatic carbocycles. The molecular formula is C14H28N2. The normalized spacial score (nSPS) is 28.7. The molecule has 2 nitrogen and oxygen atoms in total. The maximum absolute atomic E-state index is 2.70. The molecule has 1 atom stereocenters. The minimum absolute atomic E-state index is 0.459. The quantitative estimate of drug-likeness (QED) is 0.726. The molecule has 16 heavy (non-hydrogen) atoms. The number of hydrogen-bond acceptors (Lipinski definition) is 2. The van der Waals surface area contributed by atoms with Crippen molar-refractivity contribution >= 4 is 0 Å². The number of hydrogen-bond donors (Lipinski definition) is 0. The lowest BCUT2D eigenvalue weighted by Gasteiger charge is -2.42. The Balaban J connectivity index is 1.87. The summed E-state index contributed by atoms with van der Waals surface area (Å²) < 4.78 is 0. The molecule has 1 unspecified atom stereocenters. The molecule has 2 heteroatoms. The second-order valence-electron chi connectivity index (χ2n) is 6.71. The van der Waals surface area contributed by atoms with Gasteiger partial charge in [-0.05, 0) is 30.7 Å². The van der Waals surface area contributed by atoms with E-state index in [9.17, 15) is 0 Å². The molecule has 0 aromatic heterocycles. The lowest BCUT2D eigenvalue weighted by Crippen LogP contribution is -2.52. The average Bonchev–Trinajstić information content (AvgIpc) is 2.63. The predicted octanol–water partition coefficient (Wildman–Crippen LogP) is 2.45.